The summed E-state index contributed by atoms with van der Waals surface area (Å²) in [5, 5.41) is 3.91. The maximum absolute atomic E-state index is 14.1. The molecule has 0 aliphatic carbocycles. The summed E-state index contributed by atoms with van der Waals surface area (Å²) >= 11 is 6.19. The van der Waals surface area contributed by atoms with Gasteiger partial charge in [-0.1, -0.05) is 23.7 Å². The molecule has 2 amide bonds. The highest BCUT2D eigenvalue weighted by Crippen LogP contribution is 2.46. The number of anilines is 1. The van der Waals surface area contributed by atoms with Gasteiger partial charge in [-0.25, -0.2) is 0 Å². The topological polar surface area (TPSA) is 92.8 Å². The molecule has 10 nitrogen and oxygen atoms in total. The second-order valence-electron chi connectivity index (χ2n) is 11.2. The average molecular weight is 637 g/mol. The van der Waals surface area contributed by atoms with Gasteiger partial charge in [0.05, 0.1) is 40.4 Å². The number of carbonyl (C=O) groups excluding carboxylic acids is 2. The third kappa shape index (κ3) is 6.77. The minimum absolute atomic E-state index is 0.173. The Balaban J connectivity index is 1.32. The molecule has 1 fully saturated rings. The minimum atomic E-state index is -0.707. The van der Waals surface area contributed by atoms with E-state index in [1.54, 1.807) is 44.4 Å². The molecule has 2 aliphatic rings. The maximum Gasteiger partial charge on any atom is 0.254 e. The molecule has 1 saturated heterocycles. The van der Waals surface area contributed by atoms with Gasteiger partial charge in [0.2, 0.25) is 5.91 Å². The summed E-state index contributed by atoms with van der Waals surface area (Å²) in [4.78, 5) is 34.2. The molecule has 0 bridgehead atoms. The highest BCUT2D eigenvalue weighted by molar-refractivity contribution is 6.30. The lowest BCUT2D eigenvalue weighted by Gasteiger charge is -2.40. The highest BCUT2D eigenvalue weighted by atomic mass is 35.5. The molecular weight excluding hydrogens is 596 g/mol. The monoisotopic (exact) mass is 636 g/mol. The number of halogens is 1. The molecule has 3 aromatic rings. The molecule has 3 aromatic carbocycles. The minimum Gasteiger partial charge on any atom is -0.493 e. The van der Waals surface area contributed by atoms with Gasteiger partial charge in [0.15, 0.2) is 23.0 Å². The first-order valence-electron chi connectivity index (χ1n) is 15.0. The Morgan fingerprint density at radius 2 is 1.53 bits per heavy atom. The van der Waals surface area contributed by atoms with Crippen LogP contribution in [0, 0.1) is 0 Å². The maximum atomic E-state index is 14.1. The number of ether oxygens (including phenoxy) is 4. The summed E-state index contributed by atoms with van der Waals surface area (Å²) in [7, 11) is 7.91. The van der Waals surface area contributed by atoms with Crippen molar-refractivity contribution in [1.82, 2.24) is 15.1 Å². The first-order valence-corrected chi connectivity index (χ1v) is 15.4. The van der Waals surface area contributed by atoms with Crippen molar-refractivity contribution in [3.05, 3.63) is 76.3 Å². The third-order valence-electron chi connectivity index (χ3n) is 8.70. The summed E-state index contributed by atoms with van der Waals surface area (Å²) in [6.07, 6.45) is 0.796. The molecule has 0 spiro atoms. The third-order valence-corrected chi connectivity index (χ3v) is 8.94. The fourth-order valence-electron chi connectivity index (χ4n) is 6.31. The van der Waals surface area contributed by atoms with Gasteiger partial charge in [-0.05, 0) is 66.6 Å². The van der Waals surface area contributed by atoms with Crippen molar-refractivity contribution in [3.8, 4) is 23.0 Å². The van der Waals surface area contributed by atoms with E-state index in [1.807, 2.05) is 30.3 Å². The number of fused-ring (bicyclic) bond motifs is 1. The Kier molecular flexibility index (Phi) is 10.2. The summed E-state index contributed by atoms with van der Waals surface area (Å²) in [6.45, 7) is 5.09. The number of piperazine rings is 1. The van der Waals surface area contributed by atoms with Gasteiger partial charge in [-0.2, -0.15) is 0 Å². The summed E-state index contributed by atoms with van der Waals surface area (Å²) in [6, 6.07) is 16.2. The zero-order valence-corrected chi connectivity index (χ0v) is 27.2. The van der Waals surface area contributed by atoms with Crippen LogP contribution in [0.4, 0.5) is 5.69 Å². The average Bonchev–Trinajstić information content (AvgIpc) is 3.07. The van der Waals surface area contributed by atoms with Crippen molar-refractivity contribution < 1.29 is 28.5 Å². The molecule has 1 N–H and O–H groups in total. The van der Waals surface area contributed by atoms with Crippen molar-refractivity contribution in [1.29, 1.82) is 0 Å². The molecule has 5 rings (SSSR count). The van der Waals surface area contributed by atoms with E-state index in [4.69, 9.17) is 30.5 Å². The first kappa shape index (κ1) is 32.2. The summed E-state index contributed by atoms with van der Waals surface area (Å²) < 4.78 is 22.0. The van der Waals surface area contributed by atoms with Crippen LogP contribution in [-0.4, -0.2) is 96.4 Å². The predicted molar refractivity (Wildman–Crippen MR) is 174 cm³/mol. The Bertz CT molecular complexity index is 1530. The molecule has 240 valence electrons. The fourth-order valence-corrected chi connectivity index (χ4v) is 6.50. The smallest absolute Gasteiger partial charge is 0.254 e. The summed E-state index contributed by atoms with van der Waals surface area (Å²) in [5.41, 5.74) is 2.89. The molecule has 11 heteroatoms. The number of nitrogens with zero attached hydrogens (tertiary/aromatic N) is 3. The number of nitrogens with one attached hydrogen (secondary N) is 1. The van der Waals surface area contributed by atoms with E-state index in [0.717, 1.165) is 55.4 Å². The second-order valence-corrected chi connectivity index (χ2v) is 11.6. The van der Waals surface area contributed by atoms with Crippen molar-refractivity contribution in [3.63, 3.8) is 0 Å². The number of methoxy groups -OCH3 is 4. The van der Waals surface area contributed by atoms with Crippen molar-refractivity contribution >= 4 is 29.1 Å². The standard InChI is InChI=1S/C34H41ClN4O6/c1-37-32(22-10-11-27(42-2)28(18-22)43-3)31(25-20-29(44-4)30(45-5)21-26(25)34(37)41)33(40)36-12-7-13-38-14-16-39(17-15-38)24-9-6-8-23(35)19-24/h6,8-11,18-21,31-32H,7,12-17H2,1-5H3,(H,36,40)/t31-,32+/m0/s1. The largest absolute Gasteiger partial charge is 0.493 e. The summed E-state index contributed by atoms with van der Waals surface area (Å²) in [5.74, 6) is 0.865. The molecule has 2 heterocycles. The van der Waals surface area contributed by atoms with Gasteiger partial charge in [-0.3, -0.25) is 14.5 Å². The zero-order chi connectivity index (χ0) is 32.1. The van der Waals surface area contributed by atoms with Gasteiger partial charge in [-0.15, -0.1) is 0 Å². The number of carbonyl (C=O) groups is 2. The zero-order valence-electron chi connectivity index (χ0n) is 26.5. The van der Waals surface area contributed by atoms with Crippen LogP contribution in [-0.2, 0) is 4.79 Å². The lowest BCUT2D eigenvalue weighted by molar-refractivity contribution is -0.124. The van der Waals surface area contributed by atoms with E-state index in [9.17, 15) is 9.59 Å². The predicted octanol–water partition coefficient (Wildman–Crippen LogP) is 4.61. The van der Waals surface area contributed by atoms with Gasteiger partial charge in [0.25, 0.3) is 5.91 Å². The Hall–Kier alpha value is -4.15. The van der Waals surface area contributed by atoms with Crippen LogP contribution in [0.25, 0.3) is 0 Å². The highest BCUT2D eigenvalue weighted by Gasteiger charge is 2.43. The Labute approximate surface area is 269 Å². The van der Waals surface area contributed by atoms with Gasteiger partial charge < -0.3 is 34.1 Å². The van der Waals surface area contributed by atoms with Gasteiger partial charge >= 0.3 is 0 Å². The SMILES string of the molecule is COc1ccc([C@@H]2[C@@H](C(=O)NCCCN3CCN(c4cccc(Cl)c4)CC3)c3cc(OC)c(OC)cc3C(=O)N2C)cc1OC. The lowest BCUT2D eigenvalue weighted by atomic mass is 9.79. The van der Waals surface area contributed by atoms with Gasteiger partial charge in [0.1, 0.15) is 0 Å². The molecule has 0 radical (unpaired) electrons. The second kappa shape index (κ2) is 14.3. The van der Waals surface area contributed by atoms with Crippen molar-refractivity contribution in [2.45, 2.75) is 18.4 Å². The van der Waals surface area contributed by atoms with Crippen molar-refractivity contribution in [2.24, 2.45) is 0 Å². The number of hydrogen-bond acceptors (Lipinski definition) is 8. The molecule has 0 saturated carbocycles. The van der Waals surface area contributed by atoms with E-state index in [-0.39, 0.29) is 11.8 Å². The van der Waals surface area contributed by atoms with Crippen LogP contribution in [0.5, 0.6) is 23.0 Å². The van der Waals surface area contributed by atoms with Crippen LogP contribution in [0.2, 0.25) is 5.02 Å². The quantitative estimate of drug-likeness (QED) is 0.305. The normalized spacial score (nSPS) is 18.3. The van der Waals surface area contributed by atoms with Crippen LogP contribution < -0.4 is 29.2 Å². The van der Waals surface area contributed by atoms with E-state index in [2.05, 4.69) is 21.2 Å². The number of amides is 2. The van der Waals surface area contributed by atoms with Crippen molar-refractivity contribution in [2.75, 3.05) is 79.7 Å². The number of benzene rings is 3. The molecule has 0 unspecified atom stereocenters. The van der Waals surface area contributed by atoms with Crippen LogP contribution >= 0.6 is 11.6 Å². The lowest BCUT2D eigenvalue weighted by Crippen LogP contribution is -2.47. The van der Waals surface area contributed by atoms with Crippen LogP contribution in [0.1, 0.15) is 39.9 Å². The van der Waals surface area contributed by atoms with Crippen LogP contribution in [0.15, 0.2) is 54.6 Å². The first-order chi connectivity index (χ1) is 21.8. The Morgan fingerprint density at radius 3 is 2.20 bits per heavy atom. The van der Waals surface area contributed by atoms with E-state index < -0.39 is 12.0 Å². The molecular formula is C34H41ClN4O6. The molecule has 45 heavy (non-hydrogen) atoms. The Morgan fingerprint density at radius 1 is 0.867 bits per heavy atom. The number of rotatable bonds is 11. The van der Waals surface area contributed by atoms with Gasteiger partial charge in [0, 0.05) is 56.0 Å². The van der Waals surface area contributed by atoms with Crippen LogP contribution in [0.3, 0.4) is 0 Å². The molecule has 0 aromatic heterocycles. The molecule has 2 atom stereocenters. The van der Waals surface area contributed by atoms with E-state index in [1.165, 1.54) is 14.2 Å². The molecule has 2 aliphatic heterocycles. The fraction of sp³-hybridized carbons (Fsp3) is 0.412. The van der Waals surface area contributed by atoms with E-state index >= 15 is 0 Å². The number of likely N-dealkylation sites (N-methyl/N-ethyl adjacent to an activating group) is 1. The van der Waals surface area contributed by atoms with E-state index in [0.29, 0.717) is 40.7 Å². The number of hydrogen-bond donors (Lipinski definition) is 1.